The second kappa shape index (κ2) is 3.83. The Morgan fingerprint density at radius 3 is 2.69 bits per heavy atom. The molecule has 0 amide bonds. The number of rotatable bonds is 2. The standard InChI is InChI=1S/C8H13N3OS/c1-6(7-5-13-11-9-7)10-12-8(2,3)4/h5H,1-4H3/b10-6+. The third-order valence-corrected chi connectivity index (χ3v) is 1.69. The van der Waals surface area contributed by atoms with Crippen LogP contribution < -0.4 is 0 Å². The van der Waals surface area contributed by atoms with Crippen molar-refractivity contribution in [3.8, 4) is 0 Å². The Morgan fingerprint density at radius 1 is 1.54 bits per heavy atom. The fourth-order valence-corrected chi connectivity index (χ4v) is 1.07. The van der Waals surface area contributed by atoms with Gasteiger partial charge in [-0.1, -0.05) is 9.64 Å². The molecule has 1 heterocycles. The van der Waals surface area contributed by atoms with E-state index in [9.17, 15) is 0 Å². The molecular weight excluding hydrogens is 186 g/mol. The summed E-state index contributed by atoms with van der Waals surface area (Å²) in [6.07, 6.45) is 0. The van der Waals surface area contributed by atoms with Crippen molar-refractivity contribution in [2.75, 3.05) is 0 Å². The minimum atomic E-state index is -0.259. The highest BCUT2D eigenvalue weighted by atomic mass is 32.1. The lowest BCUT2D eigenvalue weighted by Gasteiger charge is -2.15. The summed E-state index contributed by atoms with van der Waals surface area (Å²) in [4.78, 5) is 5.24. The molecule has 72 valence electrons. The summed E-state index contributed by atoms with van der Waals surface area (Å²) in [7, 11) is 0. The summed E-state index contributed by atoms with van der Waals surface area (Å²) >= 11 is 1.30. The van der Waals surface area contributed by atoms with Gasteiger partial charge in [0.2, 0.25) is 0 Å². The largest absolute Gasteiger partial charge is 0.390 e. The Bertz CT molecular complexity index is 287. The van der Waals surface area contributed by atoms with E-state index in [4.69, 9.17) is 4.84 Å². The fourth-order valence-electron chi connectivity index (χ4n) is 0.574. The van der Waals surface area contributed by atoms with E-state index in [1.165, 1.54) is 11.5 Å². The monoisotopic (exact) mass is 199 g/mol. The van der Waals surface area contributed by atoms with E-state index < -0.39 is 0 Å². The molecule has 0 bridgehead atoms. The maximum absolute atomic E-state index is 5.24. The van der Waals surface area contributed by atoms with Gasteiger partial charge in [-0.15, -0.1) is 5.10 Å². The molecule has 1 rings (SSSR count). The van der Waals surface area contributed by atoms with E-state index in [0.29, 0.717) is 0 Å². The average Bonchev–Trinajstić information content (AvgIpc) is 2.50. The number of hydrogen-bond acceptors (Lipinski definition) is 5. The first kappa shape index (κ1) is 10.1. The molecular formula is C8H13N3OS. The molecule has 0 aromatic carbocycles. The summed E-state index contributed by atoms with van der Waals surface area (Å²) in [6.45, 7) is 7.69. The summed E-state index contributed by atoms with van der Waals surface area (Å²) in [5, 5.41) is 9.67. The number of hydrogen-bond donors (Lipinski definition) is 0. The molecule has 0 atom stereocenters. The molecule has 0 spiro atoms. The van der Waals surface area contributed by atoms with Crippen molar-refractivity contribution >= 4 is 17.2 Å². The van der Waals surface area contributed by atoms with E-state index in [0.717, 1.165) is 11.4 Å². The molecule has 0 saturated carbocycles. The molecule has 1 aromatic rings. The molecule has 0 aliphatic carbocycles. The Balaban J connectivity index is 2.63. The lowest BCUT2D eigenvalue weighted by atomic mass is 10.2. The third-order valence-electron chi connectivity index (χ3n) is 1.19. The summed E-state index contributed by atoms with van der Waals surface area (Å²) in [6, 6.07) is 0. The Labute approximate surface area is 81.8 Å². The molecule has 5 heteroatoms. The third kappa shape index (κ3) is 3.50. The van der Waals surface area contributed by atoms with Gasteiger partial charge in [0.1, 0.15) is 17.0 Å². The number of aromatic nitrogens is 2. The predicted molar refractivity (Wildman–Crippen MR) is 53.0 cm³/mol. The number of oxime groups is 1. The minimum absolute atomic E-state index is 0.259. The van der Waals surface area contributed by atoms with Gasteiger partial charge in [-0.2, -0.15) is 0 Å². The van der Waals surface area contributed by atoms with Crippen molar-refractivity contribution in [2.45, 2.75) is 33.3 Å². The molecule has 0 unspecified atom stereocenters. The van der Waals surface area contributed by atoms with Crippen LogP contribution in [0.25, 0.3) is 0 Å². The van der Waals surface area contributed by atoms with E-state index in [-0.39, 0.29) is 5.60 Å². The van der Waals surface area contributed by atoms with Crippen LogP contribution >= 0.6 is 11.5 Å². The normalized spacial score (nSPS) is 13.1. The Morgan fingerprint density at radius 2 is 2.23 bits per heavy atom. The summed E-state index contributed by atoms with van der Waals surface area (Å²) < 4.78 is 3.74. The zero-order valence-corrected chi connectivity index (χ0v) is 9.05. The van der Waals surface area contributed by atoms with Gasteiger partial charge in [0.25, 0.3) is 0 Å². The van der Waals surface area contributed by atoms with Gasteiger partial charge in [0.05, 0.1) is 0 Å². The highest BCUT2D eigenvalue weighted by molar-refractivity contribution is 7.03. The fraction of sp³-hybridized carbons (Fsp3) is 0.625. The molecule has 0 saturated heterocycles. The highest BCUT2D eigenvalue weighted by Gasteiger charge is 2.11. The SMILES string of the molecule is C/C(=N\OC(C)(C)C)c1csnn1. The first-order valence-corrected chi connectivity index (χ1v) is 4.83. The minimum Gasteiger partial charge on any atom is -0.390 e. The van der Waals surface area contributed by atoms with Gasteiger partial charge >= 0.3 is 0 Å². The Hall–Kier alpha value is -0.970. The maximum atomic E-state index is 5.24. The first-order chi connectivity index (χ1) is 5.99. The maximum Gasteiger partial charge on any atom is 0.129 e. The van der Waals surface area contributed by atoms with Crippen LogP contribution in [0, 0.1) is 0 Å². The van der Waals surface area contributed by atoms with Crippen LogP contribution in [-0.4, -0.2) is 20.9 Å². The zero-order chi connectivity index (χ0) is 9.90. The molecule has 4 nitrogen and oxygen atoms in total. The summed E-state index contributed by atoms with van der Waals surface area (Å²) in [5.41, 5.74) is 1.27. The molecule has 0 aliphatic rings. The molecule has 1 aromatic heterocycles. The summed E-state index contributed by atoms with van der Waals surface area (Å²) in [5.74, 6) is 0. The van der Waals surface area contributed by atoms with Crippen molar-refractivity contribution in [1.82, 2.24) is 9.59 Å². The smallest absolute Gasteiger partial charge is 0.129 e. The van der Waals surface area contributed by atoms with E-state index in [1.54, 1.807) is 0 Å². The van der Waals surface area contributed by atoms with Crippen LogP contribution in [0.1, 0.15) is 33.4 Å². The van der Waals surface area contributed by atoms with Crippen molar-refractivity contribution in [2.24, 2.45) is 5.16 Å². The van der Waals surface area contributed by atoms with Crippen LogP contribution in [0.4, 0.5) is 0 Å². The lowest BCUT2D eigenvalue weighted by Crippen LogP contribution is -2.16. The average molecular weight is 199 g/mol. The topological polar surface area (TPSA) is 47.4 Å². The van der Waals surface area contributed by atoms with E-state index in [1.807, 2.05) is 33.1 Å². The van der Waals surface area contributed by atoms with Crippen molar-refractivity contribution in [1.29, 1.82) is 0 Å². The predicted octanol–water partition coefficient (Wildman–Crippen LogP) is 2.08. The quantitative estimate of drug-likeness (QED) is 0.541. The molecule has 0 aliphatic heterocycles. The zero-order valence-electron chi connectivity index (χ0n) is 8.24. The van der Waals surface area contributed by atoms with Crippen LogP contribution in [0.2, 0.25) is 0 Å². The van der Waals surface area contributed by atoms with Gasteiger partial charge in [-0.05, 0) is 39.2 Å². The number of nitrogens with zero attached hydrogens (tertiary/aromatic N) is 3. The van der Waals surface area contributed by atoms with Crippen molar-refractivity contribution in [3.05, 3.63) is 11.1 Å². The highest BCUT2D eigenvalue weighted by Crippen LogP contribution is 2.08. The van der Waals surface area contributed by atoms with Gasteiger partial charge in [-0.25, -0.2) is 0 Å². The van der Waals surface area contributed by atoms with Gasteiger partial charge in [-0.3, -0.25) is 0 Å². The van der Waals surface area contributed by atoms with Crippen LogP contribution in [-0.2, 0) is 4.84 Å². The second-order valence-corrected chi connectivity index (χ2v) is 4.28. The molecule has 0 N–H and O–H groups in total. The molecule has 13 heavy (non-hydrogen) atoms. The molecule has 0 radical (unpaired) electrons. The molecule has 0 fully saturated rings. The lowest BCUT2D eigenvalue weighted by molar-refractivity contribution is 0.000920. The van der Waals surface area contributed by atoms with Crippen LogP contribution in [0.15, 0.2) is 10.5 Å². The van der Waals surface area contributed by atoms with Gasteiger partial charge < -0.3 is 4.84 Å². The first-order valence-electron chi connectivity index (χ1n) is 3.99. The Kier molecular flexibility index (Phi) is 2.98. The van der Waals surface area contributed by atoms with Gasteiger partial charge in [0.15, 0.2) is 0 Å². The van der Waals surface area contributed by atoms with Crippen LogP contribution in [0.5, 0.6) is 0 Å². The van der Waals surface area contributed by atoms with Crippen LogP contribution in [0.3, 0.4) is 0 Å². The van der Waals surface area contributed by atoms with E-state index in [2.05, 4.69) is 14.7 Å². The second-order valence-electron chi connectivity index (χ2n) is 3.67. The van der Waals surface area contributed by atoms with Gasteiger partial charge in [0, 0.05) is 5.38 Å². The van der Waals surface area contributed by atoms with Crippen molar-refractivity contribution < 1.29 is 4.84 Å². The van der Waals surface area contributed by atoms with Crippen molar-refractivity contribution in [3.63, 3.8) is 0 Å². The van der Waals surface area contributed by atoms with E-state index >= 15 is 0 Å².